The van der Waals surface area contributed by atoms with Crippen molar-refractivity contribution >= 4 is 5.97 Å². The summed E-state index contributed by atoms with van der Waals surface area (Å²) in [5.41, 5.74) is -1.79. The first-order valence-corrected chi connectivity index (χ1v) is 12.5. The molecule has 3 atom stereocenters. The molecule has 0 aliphatic carbocycles. The van der Waals surface area contributed by atoms with Crippen LogP contribution in [-0.4, -0.2) is 28.4 Å². The molecule has 1 aliphatic rings. The molecule has 39 heavy (non-hydrogen) atoms. The monoisotopic (exact) mass is 565 g/mol. The Hall–Kier alpha value is -2.69. The van der Waals surface area contributed by atoms with Gasteiger partial charge in [-0.3, -0.25) is 9.69 Å². The molecule has 0 saturated carbocycles. The van der Waals surface area contributed by atoms with Gasteiger partial charge in [0.05, 0.1) is 23.5 Å². The van der Waals surface area contributed by atoms with Crippen LogP contribution in [0.15, 0.2) is 48.5 Å². The standard InChI is InChI=1S/C28H31F8NO2/c1-25(2,3)13-4-14-37-22(17-5-9-19(10-6-17)27(31,32)33)16-26(29,30)21(15-23(38)39)24(37)18-7-11-20(12-8-18)28(34,35)36/h5-12,21-22,24H,4,13-16H2,1-3H3,(H,38,39)/t21-,22+,24-/m1/s1. The number of aliphatic carboxylic acids is 1. The zero-order chi connectivity index (χ0) is 29.4. The first kappa shape index (κ1) is 30.8. The number of nitrogens with zero attached hydrogens (tertiary/aromatic N) is 1. The third-order valence-electron chi connectivity index (χ3n) is 7.09. The molecule has 3 rings (SSSR count). The molecule has 1 saturated heterocycles. The highest BCUT2D eigenvalue weighted by Gasteiger charge is 2.55. The van der Waals surface area contributed by atoms with E-state index in [0.29, 0.717) is 12.8 Å². The van der Waals surface area contributed by atoms with E-state index in [1.165, 1.54) is 0 Å². The van der Waals surface area contributed by atoms with Crippen molar-refractivity contribution in [3.05, 3.63) is 70.8 Å². The second kappa shape index (κ2) is 11.1. The summed E-state index contributed by atoms with van der Waals surface area (Å²) in [5.74, 6) is -6.83. The van der Waals surface area contributed by atoms with Crippen molar-refractivity contribution in [3.63, 3.8) is 0 Å². The molecule has 216 valence electrons. The van der Waals surface area contributed by atoms with Crippen molar-refractivity contribution in [1.29, 1.82) is 0 Å². The van der Waals surface area contributed by atoms with Gasteiger partial charge in [0.2, 0.25) is 0 Å². The third-order valence-corrected chi connectivity index (χ3v) is 7.09. The summed E-state index contributed by atoms with van der Waals surface area (Å²) in [4.78, 5) is 13.3. The Bertz CT molecular complexity index is 1120. The predicted molar refractivity (Wildman–Crippen MR) is 129 cm³/mol. The number of halogens is 8. The molecule has 0 bridgehead atoms. The maximum Gasteiger partial charge on any atom is 0.416 e. The lowest BCUT2D eigenvalue weighted by molar-refractivity contribution is -0.170. The molecule has 3 nitrogen and oxygen atoms in total. The van der Waals surface area contributed by atoms with Crippen molar-refractivity contribution < 1.29 is 45.0 Å². The Morgan fingerprint density at radius 1 is 0.872 bits per heavy atom. The molecular formula is C28H31F8NO2. The van der Waals surface area contributed by atoms with Gasteiger partial charge in [-0.15, -0.1) is 0 Å². The minimum absolute atomic E-state index is 0.0845. The van der Waals surface area contributed by atoms with Crippen LogP contribution in [-0.2, 0) is 17.1 Å². The molecule has 2 aromatic rings. The SMILES string of the molecule is CC(C)(C)CCCN1[C@H](c2ccc(C(F)(F)F)cc2)[C@@H](CC(=O)O)C(F)(F)C[C@H]1c1ccc(C(F)(F)F)cc1. The van der Waals surface area contributed by atoms with Crippen molar-refractivity contribution in [2.75, 3.05) is 6.54 Å². The Balaban J connectivity index is 2.14. The van der Waals surface area contributed by atoms with Crippen molar-refractivity contribution in [2.45, 2.75) is 76.8 Å². The van der Waals surface area contributed by atoms with Crippen LogP contribution in [0.25, 0.3) is 0 Å². The number of hydrogen-bond donors (Lipinski definition) is 1. The number of carboxylic acid groups (broad SMARTS) is 1. The van der Waals surface area contributed by atoms with Crippen molar-refractivity contribution in [1.82, 2.24) is 4.90 Å². The maximum atomic E-state index is 15.7. The lowest BCUT2D eigenvalue weighted by Crippen LogP contribution is -2.51. The summed E-state index contributed by atoms with van der Waals surface area (Å²) < 4.78 is 110. The fourth-order valence-electron chi connectivity index (χ4n) is 5.21. The minimum Gasteiger partial charge on any atom is -0.481 e. The Labute approximate surface area is 221 Å². The summed E-state index contributed by atoms with van der Waals surface area (Å²) in [7, 11) is 0. The first-order valence-electron chi connectivity index (χ1n) is 12.5. The molecule has 0 aromatic heterocycles. The lowest BCUT2D eigenvalue weighted by atomic mass is 9.75. The number of likely N-dealkylation sites (tertiary alicyclic amines) is 1. The van der Waals surface area contributed by atoms with Crippen LogP contribution in [0.5, 0.6) is 0 Å². The topological polar surface area (TPSA) is 40.5 Å². The fraction of sp³-hybridized carbons (Fsp3) is 0.536. The summed E-state index contributed by atoms with van der Waals surface area (Å²) >= 11 is 0. The molecule has 2 aromatic carbocycles. The Kier molecular flexibility index (Phi) is 8.75. The highest BCUT2D eigenvalue weighted by molar-refractivity contribution is 5.67. The number of alkyl halides is 8. The van der Waals surface area contributed by atoms with Crippen LogP contribution in [0.2, 0.25) is 0 Å². The molecule has 1 fully saturated rings. The van der Waals surface area contributed by atoms with Gasteiger partial charge in [0.1, 0.15) is 0 Å². The van der Waals surface area contributed by atoms with Gasteiger partial charge in [0.15, 0.2) is 0 Å². The molecule has 0 unspecified atom stereocenters. The molecule has 1 aliphatic heterocycles. The van der Waals surface area contributed by atoms with Crippen molar-refractivity contribution in [2.24, 2.45) is 11.3 Å². The van der Waals surface area contributed by atoms with E-state index in [1.54, 1.807) is 4.90 Å². The predicted octanol–water partition coefficient (Wildman–Crippen LogP) is 8.76. The van der Waals surface area contributed by atoms with E-state index in [1.807, 2.05) is 20.8 Å². The van der Waals surface area contributed by atoms with E-state index >= 15 is 8.78 Å². The van der Waals surface area contributed by atoms with Crippen LogP contribution < -0.4 is 0 Å². The van der Waals surface area contributed by atoms with Crippen LogP contribution in [0.4, 0.5) is 35.1 Å². The second-order valence-electron chi connectivity index (χ2n) is 11.3. The summed E-state index contributed by atoms with van der Waals surface area (Å²) in [6, 6.07) is 5.15. The average Bonchev–Trinajstić information content (AvgIpc) is 2.79. The van der Waals surface area contributed by atoms with E-state index in [4.69, 9.17) is 0 Å². The van der Waals surface area contributed by atoms with Gasteiger partial charge in [0, 0.05) is 18.5 Å². The van der Waals surface area contributed by atoms with Crippen LogP contribution >= 0.6 is 0 Å². The summed E-state index contributed by atoms with van der Waals surface area (Å²) in [5, 5.41) is 9.46. The van der Waals surface area contributed by atoms with Gasteiger partial charge in [0.25, 0.3) is 5.92 Å². The third kappa shape index (κ3) is 7.70. The van der Waals surface area contributed by atoms with E-state index in [-0.39, 0.29) is 23.1 Å². The van der Waals surface area contributed by atoms with Gasteiger partial charge in [-0.05, 0) is 60.2 Å². The van der Waals surface area contributed by atoms with Gasteiger partial charge in [-0.1, -0.05) is 45.0 Å². The van der Waals surface area contributed by atoms with Gasteiger partial charge in [-0.25, -0.2) is 8.78 Å². The second-order valence-corrected chi connectivity index (χ2v) is 11.3. The quantitative estimate of drug-likeness (QED) is 0.341. The normalized spacial score (nSPS) is 22.6. The molecule has 1 heterocycles. The minimum atomic E-state index is -4.66. The average molecular weight is 566 g/mol. The zero-order valence-electron chi connectivity index (χ0n) is 21.7. The summed E-state index contributed by atoms with van der Waals surface area (Å²) in [6.07, 6.45) is -9.93. The molecule has 0 radical (unpaired) electrons. The van der Waals surface area contributed by atoms with Gasteiger partial charge < -0.3 is 5.11 Å². The van der Waals surface area contributed by atoms with E-state index in [9.17, 15) is 36.2 Å². The van der Waals surface area contributed by atoms with Gasteiger partial charge in [-0.2, -0.15) is 26.3 Å². The molecular weight excluding hydrogens is 534 g/mol. The molecule has 11 heteroatoms. The maximum absolute atomic E-state index is 15.7. The Morgan fingerprint density at radius 2 is 1.33 bits per heavy atom. The molecule has 0 amide bonds. The Morgan fingerprint density at radius 3 is 1.74 bits per heavy atom. The van der Waals surface area contributed by atoms with E-state index < -0.39 is 66.2 Å². The number of carboxylic acids is 1. The highest BCUT2D eigenvalue weighted by Crippen LogP contribution is 2.54. The highest BCUT2D eigenvalue weighted by atomic mass is 19.4. The van der Waals surface area contributed by atoms with Gasteiger partial charge >= 0.3 is 18.3 Å². The van der Waals surface area contributed by atoms with Crippen LogP contribution in [0, 0.1) is 11.3 Å². The molecule has 1 N–H and O–H groups in total. The summed E-state index contributed by atoms with van der Waals surface area (Å²) in [6.45, 7) is 6.11. The fourth-order valence-corrected chi connectivity index (χ4v) is 5.21. The van der Waals surface area contributed by atoms with Crippen LogP contribution in [0.3, 0.4) is 0 Å². The van der Waals surface area contributed by atoms with Crippen molar-refractivity contribution in [3.8, 4) is 0 Å². The number of carbonyl (C=O) groups is 1. The lowest BCUT2D eigenvalue weighted by Gasteiger charge is -2.50. The van der Waals surface area contributed by atoms with E-state index in [0.717, 1.165) is 48.5 Å². The smallest absolute Gasteiger partial charge is 0.416 e. The van der Waals surface area contributed by atoms with Crippen LogP contribution in [0.1, 0.15) is 80.8 Å². The number of hydrogen-bond acceptors (Lipinski definition) is 2. The van der Waals surface area contributed by atoms with E-state index in [2.05, 4.69) is 0 Å². The molecule has 0 spiro atoms. The number of benzene rings is 2. The zero-order valence-corrected chi connectivity index (χ0v) is 21.7. The number of piperidine rings is 1. The first-order chi connectivity index (χ1) is 17.8. The largest absolute Gasteiger partial charge is 0.481 e. The number of rotatable bonds is 7.